The van der Waals surface area contributed by atoms with Crippen molar-refractivity contribution in [1.29, 1.82) is 0 Å². The van der Waals surface area contributed by atoms with Crippen LogP contribution in [-0.4, -0.2) is 37.7 Å². The zero-order chi connectivity index (χ0) is 17.6. The van der Waals surface area contributed by atoms with Crippen LogP contribution < -0.4 is 0 Å². The Morgan fingerprint density at radius 2 is 2.08 bits per heavy atom. The lowest BCUT2D eigenvalue weighted by Gasteiger charge is -2.37. The lowest BCUT2D eigenvalue weighted by Crippen LogP contribution is -2.37. The third-order valence-electron chi connectivity index (χ3n) is 4.79. The van der Waals surface area contributed by atoms with Gasteiger partial charge in [0, 0.05) is 11.0 Å². The summed E-state index contributed by atoms with van der Waals surface area (Å²) in [5, 5.41) is 15.1. The Balaban J connectivity index is 1.81. The van der Waals surface area contributed by atoms with Crippen molar-refractivity contribution in [2.24, 2.45) is 5.92 Å². The predicted octanol–water partition coefficient (Wildman–Crippen LogP) is 4.39. The summed E-state index contributed by atoms with van der Waals surface area (Å²) in [6.45, 7) is 6.22. The average molecular weight is 421 g/mol. The van der Waals surface area contributed by atoms with Crippen molar-refractivity contribution in [2.45, 2.75) is 32.7 Å². The summed E-state index contributed by atoms with van der Waals surface area (Å²) in [4.78, 5) is 8.58. The second kappa shape index (κ2) is 6.70. The van der Waals surface area contributed by atoms with E-state index in [2.05, 4.69) is 62.1 Å². The summed E-state index contributed by atoms with van der Waals surface area (Å²) < 4.78 is 2.62. The SMILES string of the molecule is Cc1nc2sc([C@H](c3ccc(Br)cc3)N3CCC[C@@H](C)C3)c(O)n2n1. The second-order valence-electron chi connectivity index (χ2n) is 6.84. The highest BCUT2D eigenvalue weighted by atomic mass is 79.9. The first-order valence-corrected chi connectivity index (χ1v) is 10.2. The van der Waals surface area contributed by atoms with Crippen LogP contribution in [-0.2, 0) is 0 Å². The molecular formula is C18H21BrN4OS. The standard InChI is InChI=1S/C18H21BrN4OS/c1-11-4-3-9-22(10-11)15(13-5-7-14(19)8-6-13)16-17(24)23-18(25-16)20-12(2)21-23/h5-8,11,15,24H,3-4,9-10H2,1-2H3/t11-,15+/m1/s1. The number of thiazole rings is 1. The van der Waals surface area contributed by atoms with Crippen LogP contribution in [0, 0.1) is 12.8 Å². The Kier molecular flexibility index (Phi) is 4.56. The topological polar surface area (TPSA) is 53.7 Å². The molecule has 1 aliphatic rings. The molecule has 1 saturated heterocycles. The molecule has 0 saturated carbocycles. The van der Waals surface area contributed by atoms with Crippen LogP contribution in [0.3, 0.4) is 0 Å². The van der Waals surface area contributed by atoms with Gasteiger partial charge in [-0.3, -0.25) is 4.90 Å². The summed E-state index contributed by atoms with van der Waals surface area (Å²) in [6.07, 6.45) is 2.46. The average Bonchev–Trinajstić information content (AvgIpc) is 3.08. The van der Waals surface area contributed by atoms with Crippen LogP contribution in [0.15, 0.2) is 28.7 Å². The number of likely N-dealkylation sites (tertiary alicyclic amines) is 1. The molecule has 1 fully saturated rings. The number of aryl methyl sites for hydroxylation is 1. The van der Waals surface area contributed by atoms with E-state index in [0.29, 0.717) is 11.7 Å². The molecule has 0 radical (unpaired) electrons. The molecule has 5 nitrogen and oxygen atoms in total. The van der Waals surface area contributed by atoms with Gasteiger partial charge in [-0.2, -0.15) is 4.52 Å². The highest BCUT2D eigenvalue weighted by Crippen LogP contribution is 2.41. The van der Waals surface area contributed by atoms with E-state index in [4.69, 9.17) is 0 Å². The van der Waals surface area contributed by atoms with E-state index in [9.17, 15) is 5.11 Å². The maximum atomic E-state index is 10.8. The number of hydrogen-bond donors (Lipinski definition) is 1. The van der Waals surface area contributed by atoms with Gasteiger partial charge in [0.05, 0.1) is 10.9 Å². The smallest absolute Gasteiger partial charge is 0.230 e. The molecule has 0 amide bonds. The van der Waals surface area contributed by atoms with Crippen LogP contribution in [0.2, 0.25) is 0 Å². The predicted molar refractivity (Wildman–Crippen MR) is 103 cm³/mol. The van der Waals surface area contributed by atoms with Gasteiger partial charge >= 0.3 is 0 Å². The zero-order valence-electron chi connectivity index (χ0n) is 14.3. The van der Waals surface area contributed by atoms with Gasteiger partial charge in [-0.05, 0) is 49.9 Å². The van der Waals surface area contributed by atoms with Gasteiger partial charge in [-0.1, -0.05) is 46.3 Å². The summed E-state index contributed by atoms with van der Waals surface area (Å²) in [5.41, 5.74) is 1.19. The van der Waals surface area contributed by atoms with Crippen molar-refractivity contribution in [2.75, 3.05) is 13.1 Å². The molecule has 2 atom stereocenters. The van der Waals surface area contributed by atoms with Crippen molar-refractivity contribution in [3.8, 4) is 5.88 Å². The fourth-order valence-corrected chi connectivity index (χ4v) is 5.09. The highest BCUT2D eigenvalue weighted by molar-refractivity contribution is 9.10. The molecule has 1 aliphatic heterocycles. The van der Waals surface area contributed by atoms with Crippen molar-refractivity contribution < 1.29 is 5.11 Å². The van der Waals surface area contributed by atoms with Gasteiger partial charge in [0.25, 0.3) is 0 Å². The Hall–Kier alpha value is -1.44. The van der Waals surface area contributed by atoms with Gasteiger partial charge in [0.2, 0.25) is 10.8 Å². The molecule has 0 unspecified atom stereocenters. The van der Waals surface area contributed by atoms with Crippen LogP contribution >= 0.6 is 27.3 Å². The van der Waals surface area contributed by atoms with E-state index in [0.717, 1.165) is 27.4 Å². The maximum Gasteiger partial charge on any atom is 0.230 e. The minimum atomic E-state index is 0.0321. The minimum Gasteiger partial charge on any atom is -0.492 e. The molecule has 0 bridgehead atoms. The molecule has 7 heteroatoms. The molecule has 1 N–H and O–H groups in total. The van der Waals surface area contributed by atoms with E-state index in [1.165, 1.54) is 29.7 Å². The van der Waals surface area contributed by atoms with Gasteiger partial charge < -0.3 is 5.11 Å². The summed E-state index contributed by atoms with van der Waals surface area (Å²) in [7, 11) is 0. The number of nitrogens with zero attached hydrogens (tertiary/aromatic N) is 4. The van der Waals surface area contributed by atoms with Crippen molar-refractivity contribution in [3.63, 3.8) is 0 Å². The first-order chi connectivity index (χ1) is 12.0. The Morgan fingerprint density at radius 1 is 1.32 bits per heavy atom. The molecule has 3 heterocycles. The summed E-state index contributed by atoms with van der Waals surface area (Å²) in [6, 6.07) is 8.43. The number of rotatable bonds is 3. The second-order valence-corrected chi connectivity index (χ2v) is 8.76. The van der Waals surface area contributed by atoms with E-state index in [1.54, 1.807) is 4.52 Å². The molecule has 2 aromatic heterocycles. The number of fused-ring (bicyclic) bond motifs is 1. The Bertz CT molecular complexity index is 889. The van der Waals surface area contributed by atoms with Crippen molar-refractivity contribution in [3.05, 3.63) is 45.0 Å². The molecule has 1 aromatic carbocycles. The van der Waals surface area contributed by atoms with E-state index >= 15 is 0 Å². The molecular weight excluding hydrogens is 400 g/mol. The highest BCUT2D eigenvalue weighted by Gasteiger charge is 2.31. The summed E-state index contributed by atoms with van der Waals surface area (Å²) in [5.74, 6) is 1.56. The molecule has 132 valence electrons. The van der Waals surface area contributed by atoms with Gasteiger partial charge in [0.15, 0.2) is 0 Å². The number of halogens is 1. The molecule has 3 aromatic rings. The third kappa shape index (κ3) is 3.20. The van der Waals surface area contributed by atoms with Crippen LogP contribution in [0.1, 0.15) is 42.1 Å². The number of aromatic hydroxyl groups is 1. The monoisotopic (exact) mass is 420 g/mol. The first kappa shape index (κ1) is 17.0. The number of hydrogen-bond acceptors (Lipinski definition) is 5. The normalized spacial score (nSPS) is 20.2. The van der Waals surface area contributed by atoms with Gasteiger partial charge in [-0.15, -0.1) is 5.10 Å². The van der Waals surface area contributed by atoms with Gasteiger partial charge in [-0.25, -0.2) is 4.98 Å². The summed E-state index contributed by atoms with van der Waals surface area (Å²) >= 11 is 5.05. The zero-order valence-corrected chi connectivity index (χ0v) is 16.7. The third-order valence-corrected chi connectivity index (χ3v) is 6.39. The number of piperidine rings is 1. The Labute approximate surface area is 159 Å². The van der Waals surface area contributed by atoms with E-state index < -0.39 is 0 Å². The quantitative estimate of drug-likeness (QED) is 0.682. The van der Waals surface area contributed by atoms with Gasteiger partial charge in [0.1, 0.15) is 5.82 Å². The van der Waals surface area contributed by atoms with E-state index in [1.807, 2.05) is 6.92 Å². The molecule has 0 spiro atoms. The van der Waals surface area contributed by atoms with Crippen LogP contribution in [0.25, 0.3) is 4.96 Å². The first-order valence-electron chi connectivity index (χ1n) is 8.57. The fourth-order valence-electron chi connectivity index (χ4n) is 3.66. The van der Waals surface area contributed by atoms with Crippen molar-refractivity contribution in [1.82, 2.24) is 19.5 Å². The minimum absolute atomic E-state index is 0.0321. The van der Waals surface area contributed by atoms with E-state index in [-0.39, 0.29) is 11.9 Å². The maximum absolute atomic E-state index is 10.8. The molecule has 0 aliphatic carbocycles. The number of benzene rings is 1. The largest absolute Gasteiger partial charge is 0.492 e. The number of aromatic nitrogens is 3. The Morgan fingerprint density at radius 3 is 2.76 bits per heavy atom. The van der Waals surface area contributed by atoms with Crippen LogP contribution in [0.4, 0.5) is 0 Å². The lowest BCUT2D eigenvalue weighted by molar-refractivity contribution is 0.149. The molecule has 25 heavy (non-hydrogen) atoms. The fraction of sp³-hybridized carbons (Fsp3) is 0.444. The lowest BCUT2D eigenvalue weighted by atomic mass is 9.95. The van der Waals surface area contributed by atoms with Crippen LogP contribution in [0.5, 0.6) is 5.88 Å². The van der Waals surface area contributed by atoms with Crippen molar-refractivity contribution >= 4 is 32.2 Å². The molecule has 4 rings (SSSR count).